The maximum atomic E-state index is 11.2. The molecule has 0 saturated heterocycles. The van der Waals surface area contributed by atoms with Gasteiger partial charge >= 0.3 is 5.97 Å². The van der Waals surface area contributed by atoms with Crippen molar-refractivity contribution in [2.24, 2.45) is 0 Å². The van der Waals surface area contributed by atoms with Gasteiger partial charge in [0.25, 0.3) is 0 Å². The Bertz CT molecular complexity index is 572. The van der Waals surface area contributed by atoms with Gasteiger partial charge in [0, 0.05) is 12.3 Å². The summed E-state index contributed by atoms with van der Waals surface area (Å²) in [5, 5.41) is 9.53. The molecule has 0 aliphatic rings. The molecule has 0 aromatic carbocycles. The Hall–Kier alpha value is -2.30. The van der Waals surface area contributed by atoms with Crippen LogP contribution in [0.4, 0.5) is 0 Å². The molecule has 2 rings (SSSR count). The van der Waals surface area contributed by atoms with E-state index < -0.39 is 11.7 Å². The number of rotatable bonds is 3. The molecule has 0 aliphatic heterocycles. The van der Waals surface area contributed by atoms with Crippen LogP contribution in [0.3, 0.4) is 0 Å². The first-order valence-electron chi connectivity index (χ1n) is 5.22. The van der Waals surface area contributed by atoms with Crippen LogP contribution in [0.1, 0.15) is 12.6 Å². The van der Waals surface area contributed by atoms with Crippen LogP contribution in [0.25, 0.3) is 11.7 Å². The highest BCUT2D eigenvalue weighted by Gasteiger charge is 2.09. The van der Waals surface area contributed by atoms with E-state index in [9.17, 15) is 9.90 Å². The lowest BCUT2D eigenvalue weighted by atomic mass is 10.3. The summed E-state index contributed by atoms with van der Waals surface area (Å²) in [7, 11) is 0. The summed E-state index contributed by atoms with van der Waals surface area (Å²) in [5.41, 5.74) is 1.36. The van der Waals surface area contributed by atoms with Gasteiger partial charge in [0.2, 0.25) is 5.76 Å². The molecule has 0 amide bonds. The number of ether oxygens (including phenoxy) is 1. The van der Waals surface area contributed by atoms with E-state index in [1.807, 2.05) is 18.2 Å². The van der Waals surface area contributed by atoms with Crippen LogP contribution in [-0.2, 0) is 9.53 Å². The molecule has 0 aliphatic carbocycles. The van der Waals surface area contributed by atoms with Crippen molar-refractivity contribution in [3.8, 4) is 0 Å². The number of aliphatic hydroxyl groups is 1. The van der Waals surface area contributed by atoms with Crippen LogP contribution < -0.4 is 0 Å². The van der Waals surface area contributed by atoms with E-state index in [-0.39, 0.29) is 6.61 Å². The van der Waals surface area contributed by atoms with Crippen molar-refractivity contribution in [2.45, 2.75) is 6.92 Å². The molecule has 0 spiro atoms. The van der Waals surface area contributed by atoms with Crippen LogP contribution in [0.15, 0.2) is 36.4 Å². The molecule has 5 nitrogen and oxygen atoms in total. The zero-order valence-electron chi connectivity index (χ0n) is 9.33. The summed E-state index contributed by atoms with van der Waals surface area (Å²) in [6.07, 6.45) is 4.70. The lowest BCUT2D eigenvalue weighted by molar-refractivity contribution is -0.141. The number of aliphatic hydroxyl groups excluding tert-OH is 1. The number of carbonyl (C=O) groups is 1. The van der Waals surface area contributed by atoms with Crippen LogP contribution in [0.5, 0.6) is 0 Å². The first-order valence-corrected chi connectivity index (χ1v) is 5.22. The molecular weight excluding hydrogens is 220 g/mol. The van der Waals surface area contributed by atoms with Gasteiger partial charge in [-0.15, -0.1) is 0 Å². The fourth-order valence-corrected chi connectivity index (χ4v) is 1.46. The van der Waals surface area contributed by atoms with Crippen molar-refractivity contribution in [1.29, 1.82) is 0 Å². The van der Waals surface area contributed by atoms with E-state index in [1.54, 1.807) is 23.7 Å². The van der Waals surface area contributed by atoms with Gasteiger partial charge in [-0.2, -0.15) is 0 Å². The number of esters is 1. The second-order valence-electron chi connectivity index (χ2n) is 3.36. The highest BCUT2D eigenvalue weighted by atomic mass is 16.5. The molecule has 0 saturated carbocycles. The summed E-state index contributed by atoms with van der Waals surface area (Å²) in [6.45, 7) is 1.91. The molecule has 0 atom stereocenters. The van der Waals surface area contributed by atoms with E-state index in [2.05, 4.69) is 9.72 Å². The van der Waals surface area contributed by atoms with Crippen LogP contribution in [-0.4, -0.2) is 27.1 Å². The summed E-state index contributed by atoms with van der Waals surface area (Å²) in [5.74, 6) is -1.17. The Kier molecular flexibility index (Phi) is 3.09. The van der Waals surface area contributed by atoms with Crippen LogP contribution in [0, 0.1) is 0 Å². The minimum atomic E-state index is -0.738. The fraction of sp³-hybridized carbons (Fsp3) is 0.167. The topological polar surface area (TPSA) is 63.8 Å². The van der Waals surface area contributed by atoms with Crippen molar-refractivity contribution in [2.75, 3.05) is 6.61 Å². The quantitative estimate of drug-likeness (QED) is 0.498. The Morgan fingerprint density at radius 3 is 3.18 bits per heavy atom. The molecule has 0 radical (unpaired) electrons. The predicted molar refractivity (Wildman–Crippen MR) is 62.4 cm³/mol. The Labute approximate surface area is 98.0 Å². The molecule has 88 valence electrons. The van der Waals surface area contributed by atoms with Gasteiger partial charge in [0.1, 0.15) is 5.65 Å². The zero-order valence-corrected chi connectivity index (χ0v) is 9.33. The number of imidazole rings is 1. The second-order valence-corrected chi connectivity index (χ2v) is 3.36. The first kappa shape index (κ1) is 11.2. The van der Waals surface area contributed by atoms with Gasteiger partial charge in [-0.1, -0.05) is 6.07 Å². The van der Waals surface area contributed by atoms with Crippen molar-refractivity contribution in [1.82, 2.24) is 9.38 Å². The maximum Gasteiger partial charge on any atom is 0.373 e. The average molecular weight is 232 g/mol. The SMILES string of the molecule is CCOC(=O)/C(O)=C/c1cnc2ccccn12. The fourth-order valence-electron chi connectivity index (χ4n) is 1.46. The smallest absolute Gasteiger partial charge is 0.373 e. The van der Waals surface area contributed by atoms with Crippen molar-refractivity contribution in [3.63, 3.8) is 0 Å². The minimum absolute atomic E-state index is 0.226. The van der Waals surface area contributed by atoms with Crippen molar-refractivity contribution in [3.05, 3.63) is 42.0 Å². The van der Waals surface area contributed by atoms with Gasteiger partial charge in [0.05, 0.1) is 18.5 Å². The van der Waals surface area contributed by atoms with E-state index in [0.717, 1.165) is 5.65 Å². The third-order valence-corrected chi connectivity index (χ3v) is 2.21. The summed E-state index contributed by atoms with van der Waals surface area (Å²) in [4.78, 5) is 15.4. The number of aromatic nitrogens is 2. The lowest BCUT2D eigenvalue weighted by Crippen LogP contribution is -2.07. The normalized spacial score (nSPS) is 11.7. The van der Waals surface area contributed by atoms with E-state index in [0.29, 0.717) is 5.69 Å². The Balaban J connectivity index is 2.35. The summed E-state index contributed by atoms with van der Waals surface area (Å²) < 4.78 is 6.44. The number of hydrogen-bond donors (Lipinski definition) is 1. The van der Waals surface area contributed by atoms with Crippen molar-refractivity contribution < 1.29 is 14.6 Å². The molecule has 2 aromatic rings. The van der Waals surface area contributed by atoms with Gasteiger partial charge in [0.15, 0.2) is 0 Å². The minimum Gasteiger partial charge on any atom is -0.502 e. The third-order valence-electron chi connectivity index (χ3n) is 2.21. The van der Waals surface area contributed by atoms with Crippen LogP contribution in [0.2, 0.25) is 0 Å². The molecule has 17 heavy (non-hydrogen) atoms. The largest absolute Gasteiger partial charge is 0.502 e. The average Bonchev–Trinajstić information content (AvgIpc) is 2.73. The van der Waals surface area contributed by atoms with Gasteiger partial charge < -0.3 is 14.2 Å². The monoisotopic (exact) mass is 232 g/mol. The number of nitrogens with zero attached hydrogens (tertiary/aromatic N) is 2. The van der Waals surface area contributed by atoms with Gasteiger partial charge in [-0.25, -0.2) is 9.78 Å². The standard InChI is InChI=1S/C12H12N2O3/c1-2-17-12(16)10(15)7-9-8-13-11-5-3-4-6-14(9)11/h3-8,15H,2H2,1H3/b10-7-. The predicted octanol–water partition coefficient (Wildman–Crippen LogP) is 1.80. The molecule has 2 aromatic heterocycles. The van der Waals surface area contributed by atoms with Gasteiger partial charge in [-0.05, 0) is 19.1 Å². The molecule has 2 heterocycles. The molecule has 0 fully saturated rings. The number of fused-ring (bicyclic) bond motifs is 1. The molecule has 0 bridgehead atoms. The molecule has 5 heteroatoms. The molecular formula is C12H12N2O3. The molecule has 0 unspecified atom stereocenters. The van der Waals surface area contributed by atoms with E-state index >= 15 is 0 Å². The number of carbonyl (C=O) groups excluding carboxylic acids is 1. The number of hydrogen-bond acceptors (Lipinski definition) is 4. The highest BCUT2D eigenvalue weighted by Crippen LogP contribution is 2.10. The van der Waals surface area contributed by atoms with Crippen LogP contribution >= 0.6 is 0 Å². The van der Waals surface area contributed by atoms with E-state index in [1.165, 1.54) is 6.08 Å². The highest BCUT2D eigenvalue weighted by molar-refractivity contribution is 5.90. The number of pyridine rings is 1. The van der Waals surface area contributed by atoms with Gasteiger partial charge in [-0.3, -0.25) is 0 Å². The zero-order chi connectivity index (χ0) is 12.3. The van der Waals surface area contributed by atoms with Crippen molar-refractivity contribution >= 4 is 17.7 Å². The summed E-state index contributed by atoms with van der Waals surface area (Å²) >= 11 is 0. The Morgan fingerprint density at radius 2 is 2.41 bits per heavy atom. The van der Waals surface area contributed by atoms with E-state index in [4.69, 9.17) is 0 Å². The summed E-state index contributed by atoms with van der Waals surface area (Å²) in [6, 6.07) is 5.53. The third kappa shape index (κ3) is 2.28. The maximum absolute atomic E-state index is 11.2. The second kappa shape index (κ2) is 4.69. The first-order chi connectivity index (χ1) is 8.22. The Morgan fingerprint density at radius 1 is 1.59 bits per heavy atom. The lowest BCUT2D eigenvalue weighted by Gasteiger charge is -2.00. The molecule has 1 N–H and O–H groups in total.